The Morgan fingerprint density at radius 3 is 2.38 bits per heavy atom. The number of imide groups is 1. The summed E-state index contributed by atoms with van der Waals surface area (Å²) in [5.41, 5.74) is 0. The molecule has 0 bridgehead atoms. The summed E-state index contributed by atoms with van der Waals surface area (Å²) in [5.74, 6) is -1.26. The van der Waals surface area contributed by atoms with Crippen LogP contribution in [0.3, 0.4) is 0 Å². The number of carbonyl (C=O) groups is 3. The molecule has 88 valence electrons. The van der Waals surface area contributed by atoms with E-state index in [1.54, 1.807) is 0 Å². The van der Waals surface area contributed by atoms with Gasteiger partial charge in [-0.15, -0.1) is 0 Å². The predicted molar refractivity (Wildman–Crippen MR) is 57.1 cm³/mol. The lowest BCUT2D eigenvalue weighted by Gasteiger charge is -2.14. The molecule has 1 heterocycles. The number of hydrogen-bond donors (Lipinski definition) is 2. The third-order valence-electron chi connectivity index (χ3n) is 2.00. The minimum Gasteiger partial charge on any atom is -0.342 e. The highest BCUT2D eigenvalue weighted by Gasteiger charge is 2.25. The highest BCUT2D eigenvalue weighted by molar-refractivity contribution is 6.14. The molecule has 0 aliphatic carbocycles. The molecule has 3 amide bonds. The molecule has 0 spiro atoms. The Kier molecular flexibility index (Phi) is 4.19. The first-order valence-electron chi connectivity index (χ1n) is 5.04. The smallest absolute Gasteiger partial charge is 0.254 e. The molecule has 6 nitrogen and oxygen atoms in total. The first-order chi connectivity index (χ1) is 7.50. The molecule has 0 radical (unpaired) electrons. The van der Waals surface area contributed by atoms with Crippen LogP contribution in [0.5, 0.6) is 0 Å². The summed E-state index contributed by atoms with van der Waals surface area (Å²) in [6, 6.07) is 0.261. The lowest BCUT2D eigenvalue weighted by atomic mass is 10.4. The van der Waals surface area contributed by atoms with Gasteiger partial charge in [0.2, 0.25) is 5.91 Å². The quantitative estimate of drug-likeness (QED) is 0.464. The van der Waals surface area contributed by atoms with E-state index in [0.29, 0.717) is 6.67 Å². The summed E-state index contributed by atoms with van der Waals surface area (Å²) in [4.78, 5) is 34.5. The number of amides is 3. The minimum absolute atomic E-state index is 0.232. The zero-order valence-electron chi connectivity index (χ0n) is 9.32. The molecular weight excluding hydrogens is 210 g/mol. The minimum atomic E-state index is -0.447. The number of carbonyl (C=O) groups excluding carboxylic acids is 3. The second kappa shape index (κ2) is 5.41. The van der Waals surface area contributed by atoms with Gasteiger partial charge in [0, 0.05) is 18.2 Å². The van der Waals surface area contributed by atoms with Gasteiger partial charge >= 0.3 is 0 Å². The molecule has 0 saturated carbocycles. The van der Waals surface area contributed by atoms with Gasteiger partial charge in [-0.25, -0.2) is 0 Å². The Balaban J connectivity index is 2.29. The third kappa shape index (κ3) is 3.47. The van der Waals surface area contributed by atoms with Crippen molar-refractivity contribution in [1.29, 1.82) is 0 Å². The average molecular weight is 225 g/mol. The summed E-state index contributed by atoms with van der Waals surface area (Å²) >= 11 is 0. The van der Waals surface area contributed by atoms with Gasteiger partial charge in [-0.05, 0) is 13.8 Å². The first kappa shape index (κ1) is 12.4. The molecule has 1 aliphatic heterocycles. The summed E-state index contributed by atoms with van der Waals surface area (Å²) in [7, 11) is 0. The van der Waals surface area contributed by atoms with Crippen molar-refractivity contribution in [3.63, 3.8) is 0 Å². The molecule has 0 aromatic carbocycles. The zero-order chi connectivity index (χ0) is 12.1. The number of nitrogens with zero attached hydrogens (tertiary/aromatic N) is 1. The van der Waals surface area contributed by atoms with Gasteiger partial charge in [0.1, 0.15) is 6.54 Å². The second-order valence-corrected chi connectivity index (χ2v) is 3.73. The van der Waals surface area contributed by atoms with Crippen molar-refractivity contribution in [2.24, 2.45) is 0 Å². The van der Waals surface area contributed by atoms with Crippen LogP contribution in [0.1, 0.15) is 13.8 Å². The molecule has 1 rings (SSSR count). The lowest BCUT2D eigenvalue weighted by molar-refractivity contribution is -0.141. The second-order valence-electron chi connectivity index (χ2n) is 3.73. The highest BCUT2D eigenvalue weighted by Crippen LogP contribution is 2.01. The van der Waals surface area contributed by atoms with E-state index < -0.39 is 11.8 Å². The Bertz CT molecular complexity index is 318. The maximum absolute atomic E-state index is 11.3. The number of rotatable bonds is 5. The zero-order valence-corrected chi connectivity index (χ0v) is 9.32. The largest absolute Gasteiger partial charge is 0.342 e. The maximum Gasteiger partial charge on any atom is 0.254 e. The molecule has 0 fully saturated rings. The Hall–Kier alpha value is -1.69. The molecule has 1 aliphatic rings. The molecule has 0 aromatic heterocycles. The Labute approximate surface area is 93.7 Å². The standard InChI is InChI=1S/C10H15N3O3/c1-7(2)11-6-12-8(14)5-13-9(15)3-4-10(13)16/h3-4,7,11H,5-6H2,1-2H3,(H,12,14). The van der Waals surface area contributed by atoms with Crippen LogP contribution in [0.25, 0.3) is 0 Å². The van der Waals surface area contributed by atoms with Crippen LogP contribution in [-0.2, 0) is 14.4 Å². The van der Waals surface area contributed by atoms with E-state index in [0.717, 1.165) is 17.1 Å². The van der Waals surface area contributed by atoms with Gasteiger partial charge in [0.15, 0.2) is 0 Å². The van der Waals surface area contributed by atoms with Crippen LogP contribution in [-0.4, -0.2) is 41.9 Å². The fourth-order valence-electron chi connectivity index (χ4n) is 1.14. The summed E-state index contributed by atoms with van der Waals surface area (Å²) in [6.07, 6.45) is 2.31. The van der Waals surface area contributed by atoms with Crippen molar-refractivity contribution < 1.29 is 14.4 Å². The van der Waals surface area contributed by atoms with Crippen LogP contribution >= 0.6 is 0 Å². The van der Waals surface area contributed by atoms with Crippen molar-refractivity contribution in [3.8, 4) is 0 Å². The Morgan fingerprint density at radius 2 is 1.88 bits per heavy atom. The predicted octanol–water partition coefficient (Wildman–Crippen LogP) is -1.02. The van der Waals surface area contributed by atoms with E-state index in [1.165, 1.54) is 0 Å². The molecule has 0 saturated heterocycles. The molecule has 2 N–H and O–H groups in total. The van der Waals surface area contributed by atoms with Gasteiger partial charge in [-0.3, -0.25) is 24.6 Å². The van der Waals surface area contributed by atoms with Crippen LogP contribution in [0.4, 0.5) is 0 Å². The van der Waals surface area contributed by atoms with Crippen LogP contribution in [0.15, 0.2) is 12.2 Å². The maximum atomic E-state index is 11.3. The number of nitrogens with one attached hydrogen (secondary N) is 2. The number of hydrogen-bond acceptors (Lipinski definition) is 4. The van der Waals surface area contributed by atoms with Crippen molar-refractivity contribution in [3.05, 3.63) is 12.2 Å². The fraction of sp³-hybridized carbons (Fsp3) is 0.500. The molecule has 6 heteroatoms. The highest BCUT2D eigenvalue weighted by atomic mass is 16.2. The topological polar surface area (TPSA) is 78.5 Å². The van der Waals surface area contributed by atoms with E-state index in [1.807, 2.05) is 13.8 Å². The molecule has 0 unspecified atom stereocenters. The van der Waals surface area contributed by atoms with Gasteiger partial charge < -0.3 is 5.32 Å². The van der Waals surface area contributed by atoms with Gasteiger partial charge in [-0.2, -0.15) is 0 Å². The lowest BCUT2D eigenvalue weighted by Crippen LogP contribution is -2.44. The van der Waals surface area contributed by atoms with Gasteiger partial charge in [-0.1, -0.05) is 0 Å². The van der Waals surface area contributed by atoms with E-state index in [2.05, 4.69) is 10.6 Å². The van der Waals surface area contributed by atoms with Crippen molar-refractivity contribution in [2.75, 3.05) is 13.2 Å². The Morgan fingerprint density at radius 1 is 1.31 bits per heavy atom. The van der Waals surface area contributed by atoms with Crippen molar-refractivity contribution in [2.45, 2.75) is 19.9 Å². The van der Waals surface area contributed by atoms with Crippen LogP contribution in [0.2, 0.25) is 0 Å². The normalized spacial score (nSPS) is 15.1. The first-order valence-corrected chi connectivity index (χ1v) is 5.04. The van der Waals surface area contributed by atoms with E-state index in [4.69, 9.17) is 0 Å². The van der Waals surface area contributed by atoms with Crippen molar-refractivity contribution in [1.82, 2.24) is 15.5 Å². The van der Waals surface area contributed by atoms with E-state index in [-0.39, 0.29) is 18.5 Å². The van der Waals surface area contributed by atoms with E-state index in [9.17, 15) is 14.4 Å². The average Bonchev–Trinajstić information content (AvgIpc) is 2.49. The van der Waals surface area contributed by atoms with Crippen LogP contribution in [0, 0.1) is 0 Å². The monoisotopic (exact) mass is 225 g/mol. The van der Waals surface area contributed by atoms with Crippen molar-refractivity contribution >= 4 is 17.7 Å². The summed E-state index contributed by atoms with van der Waals surface area (Å²) < 4.78 is 0. The van der Waals surface area contributed by atoms with Gasteiger partial charge in [0.25, 0.3) is 11.8 Å². The molecule has 16 heavy (non-hydrogen) atoms. The summed E-state index contributed by atoms with van der Waals surface area (Å²) in [6.45, 7) is 3.98. The SMILES string of the molecule is CC(C)NCNC(=O)CN1C(=O)C=CC1=O. The fourth-order valence-corrected chi connectivity index (χ4v) is 1.14. The third-order valence-corrected chi connectivity index (χ3v) is 2.00. The van der Waals surface area contributed by atoms with Gasteiger partial charge in [0.05, 0.1) is 6.67 Å². The molecular formula is C10H15N3O3. The van der Waals surface area contributed by atoms with E-state index >= 15 is 0 Å². The molecule has 0 aromatic rings. The molecule has 0 atom stereocenters. The van der Waals surface area contributed by atoms with Crippen LogP contribution < -0.4 is 10.6 Å². The summed E-state index contributed by atoms with van der Waals surface area (Å²) in [5, 5.41) is 5.55.